The fourth-order valence-corrected chi connectivity index (χ4v) is 2.90. The highest BCUT2D eigenvalue weighted by molar-refractivity contribution is 7.90. The van der Waals surface area contributed by atoms with Crippen LogP contribution in [0.2, 0.25) is 0 Å². The van der Waals surface area contributed by atoms with Crippen molar-refractivity contribution < 1.29 is 17.9 Å². The number of amides is 1. The summed E-state index contributed by atoms with van der Waals surface area (Å²) in [5, 5.41) is 2.64. The average molecular weight is 319 g/mol. The third-order valence-corrected chi connectivity index (χ3v) is 4.19. The second-order valence-corrected chi connectivity index (χ2v) is 6.84. The quantitative estimate of drug-likeness (QED) is 0.919. The summed E-state index contributed by atoms with van der Waals surface area (Å²) in [4.78, 5) is 12.4. The number of hydrogen-bond acceptors (Lipinski definition) is 4. The summed E-state index contributed by atoms with van der Waals surface area (Å²) in [6, 6.07) is 13.3. The maximum Gasteiger partial charge on any atom is 0.255 e. The van der Waals surface area contributed by atoms with Crippen molar-refractivity contribution in [3.63, 3.8) is 0 Å². The lowest BCUT2D eigenvalue weighted by atomic mass is 10.1. The van der Waals surface area contributed by atoms with Gasteiger partial charge >= 0.3 is 0 Å². The molecule has 1 N–H and O–H groups in total. The number of rotatable bonds is 5. The molecule has 0 aliphatic rings. The average Bonchev–Trinajstić information content (AvgIpc) is 2.47. The van der Waals surface area contributed by atoms with Crippen molar-refractivity contribution in [2.75, 3.05) is 18.7 Å². The lowest BCUT2D eigenvalue weighted by molar-refractivity contribution is 0.102. The Balaban J connectivity index is 2.28. The van der Waals surface area contributed by atoms with Gasteiger partial charge in [0.05, 0.1) is 17.2 Å². The van der Waals surface area contributed by atoms with Crippen LogP contribution in [0.25, 0.3) is 0 Å². The zero-order valence-electron chi connectivity index (χ0n) is 12.4. The lowest BCUT2D eigenvalue weighted by Crippen LogP contribution is -2.14. The first kappa shape index (κ1) is 16.2. The topological polar surface area (TPSA) is 72.5 Å². The summed E-state index contributed by atoms with van der Waals surface area (Å²) in [6.07, 6.45) is 1.11. The van der Waals surface area contributed by atoms with Crippen molar-refractivity contribution in [3.05, 3.63) is 59.7 Å². The van der Waals surface area contributed by atoms with Crippen LogP contribution in [-0.2, 0) is 21.2 Å². The maximum atomic E-state index is 12.3. The van der Waals surface area contributed by atoms with Gasteiger partial charge in [0.15, 0.2) is 9.84 Å². The van der Waals surface area contributed by atoms with Crippen molar-refractivity contribution in [2.45, 2.75) is 11.5 Å². The van der Waals surface area contributed by atoms with Crippen LogP contribution >= 0.6 is 0 Å². The smallest absolute Gasteiger partial charge is 0.255 e. The number of anilines is 1. The molecule has 0 fully saturated rings. The predicted octanol–water partition coefficient (Wildman–Crippen LogP) is 2.49. The molecule has 5 nitrogen and oxygen atoms in total. The number of carbonyl (C=O) groups excluding carboxylic acids is 1. The van der Waals surface area contributed by atoms with Crippen molar-refractivity contribution in [3.8, 4) is 0 Å². The minimum absolute atomic E-state index is 0.0939. The highest BCUT2D eigenvalue weighted by atomic mass is 32.2. The van der Waals surface area contributed by atoms with Gasteiger partial charge in [0.2, 0.25) is 0 Å². The molecular formula is C16H17NO4S. The molecule has 0 aromatic heterocycles. The lowest BCUT2D eigenvalue weighted by Gasteiger charge is -2.10. The van der Waals surface area contributed by atoms with Crippen LogP contribution in [0.3, 0.4) is 0 Å². The molecule has 0 saturated carbocycles. The second-order valence-electron chi connectivity index (χ2n) is 4.86. The summed E-state index contributed by atoms with van der Waals surface area (Å²) in [7, 11) is -1.83. The molecule has 0 bridgehead atoms. The maximum absolute atomic E-state index is 12.3. The molecule has 2 aromatic carbocycles. The van der Waals surface area contributed by atoms with E-state index in [0.29, 0.717) is 12.2 Å². The van der Waals surface area contributed by atoms with Gasteiger partial charge in [-0.05, 0) is 29.8 Å². The van der Waals surface area contributed by atoms with Crippen LogP contribution < -0.4 is 5.32 Å². The number of para-hydroxylation sites is 1. The summed E-state index contributed by atoms with van der Waals surface area (Å²) in [6.45, 7) is 0.404. The van der Waals surface area contributed by atoms with Gasteiger partial charge in [-0.2, -0.15) is 0 Å². The molecule has 116 valence electrons. The second kappa shape index (κ2) is 6.72. The van der Waals surface area contributed by atoms with E-state index in [1.165, 1.54) is 6.07 Å². The van der Waals surface area contributed by atoms with Crippen LogP contribution in [0, 0.1) is 0 Å². The Morgan fingerprint density at radius 2 is 1.86 bits per heavy atom. The first-order valence-electron chi connectivity index (χ1n) is 6.60. The van der Waals surface area contributed by atoms with Gasteiger partial charge in [0.25, 0.3) is 5.91 Å². The zero-order chi connectivity index (χ0) is 16.2. The van der Waals surface area contributed by atoms with E-state index in [1.54, 1.807) is 43.5 Å². The van der Waals surface area contributed by atoms with Gasteiger partial charge < -0.3 is 10.1 Å². The molecule has 6 heteroatoms. The number of methoxy groups -OCH3 is 1. The molecule has 22 heavy (non-hydrogen) atoms. The number of hydrogen-bond donors (Lipinski definition) is 1. The summed E-state index contributed by atoms with van der Waals surface area (Å²) >= 11 is 0. The molecule has 1 amide bonds. The third-order valence-electron chi connectivity index (χ3n) is 3.03. The van der Waals surface area contributed by atoms with Gasteiger partial charge in [-0.25, -0.2) is 8.42 Å². The normalized spacial score (nSPS) is 11.2. The minimum Gasteiger partial charge on any atom is -0.380 e. The van der Waals surface area contributed by atoms with E-state index in [1.807, 2.05) is 6.07 Å². The van der Waals surface area contributed by atoms with E-state index in [-0.39, 0.29) is 16.5 Å². The van der Waals surface area contributed by atoms with Gasteiger partial charge in [-0.3, -0.25) is 4.79 Å². The SMILES string of the molecule is COCc1cccc(C(=O)Nc2ccccc2S(C)(=O)=O)c1. The van der Waals surface area contributed by atoms with Crippen molar-refractivity contribution in [1.29, 1.82) is 0 Å². The molecule has 0 saturated heterocycles. The largest absolute Gasteiger partial charge is 0.380 e. The zero-order valence-corrected chi connectivity index (χ0v) is 13.2. The Morgan fingerprint density at radius 1 is 1.14 bits per heavy atom. The fourth-order valence-electron chi connectivity index (χ4n) is 2.06. The van der Waals surface area contributed by atoms with Crippen LogP contribution in [-0.4, -0.2) is 27.7 Å². The van der Waals surface area contributed by atoms with E-state index in [9.17, 15) is 13.2 Å². The van der Waals surface area contributed by atoms with Crippen molar-refractivity contribution >= 4 is 21.4 Å². The monoisotopic (exact) mass is 319 g/mol. The van der Waals surface area contributed by atoms with Crippen molar-refractivity contribution in [1.82, 2.24) is 0 Å². The Morgan fingerprint density at radius 3 is 2.55 bits per heavy atom. The summed E-state index contributed by atoms with van der Waals surface area (Å²) in [5.41, 5.74) is 1.58. The molecule has 0 heterocycles. The Kier molecular flexibility index (Phi) is 4.95. The Bertz CT molecular complexity index is 784. The van der Waals surface area contributed by atoms with E-state index < -0.39 is 9.84 Å². The number of carbonyl (C=O) groups is 1. The fraction of sp³-hybridized carbons (Fsp3) is 0.188. The van der Waals surface area contributed by atoms with E-state index in [4.69, 9.17) is 4.74 Å². The molecule has 0 aliphatic heterocycles. The van der Waals surface area contributed by atoms with Crippen LogP contribution in [0.4, 0.5) is 5.69 Å². The highest BCUT2D eigenvalue weighted by Gasteiger charge is 2.15. The molecule has 0 aliphatic carbocycles. The number of benzene rings is 2. The molecule has 0 atom stereocenters. The molecule has 0 unspecified atom stereocenters. The molecule has 0 spiro atoms. The first-order chi connectivity index (χ1) is 10.4. The van der Waals surface area contributed by atoms with Crippen LogP contribution in [0.5, 0.6) is 0 Å². The van der Waals surface area contributed by atoms with Gasteiger partial charge in [-0.1, -0.05) is 24.3 Å². The third kappa shape index (κ3) is 3.93. The summed E-state index contributed by atoms with van der Waals surface area (Å²) in [5.74, 6) is -0.367. The standard InChI is InChI=1S/C16H17NO4S/c1-21-11-12-6-5-7-13(10-12)16(18)17-14-8-3-4-9-15(14)22(2,19)20/h3-10H,11H2,1-2H3,(H,17,18). The molecule has 2 aromatic rings. The van der Waals surface area contributed by atoms with Crippen molar-refractivity contribution in [2.24, 2.45) is 0 Å². The van der Waals surface area contributed by atoms with Gasteiger partial charge in [0, 0.05) is 18.9 Å². The number of sulfone groups is 1. The van der Waals surface area contributed by atoms with Crippen LogP contribution in [0.15, 0.2) is 53.4 Å². The first-order valence-corrected chi connectivity index (χ1v) is 8.49. The highest BCUT2D eigenvalue weighted by Crippen LogP contribution is 2.21. The van der Waals surface area contributed by atoms with E-state index in [2.05, 4.69) is 5.32 Å². The van der Waals surface area contributed by atoms with Gasteiger partial charge in [-0.15, -0.1) is 0 Å². The molecular weight excluding hydrogens is 302 g/mol. The van der Waals surface area contributed by atoms with E-state index in [0.717, 1.165) is 11.8 Å². The Labute approximate surface area is 129 Å². The summed E-state index contributed by atoms with van der Waals surface area (Å²) < 4.78 is 28.5. The minimum atomic E-state index is -3.41. The Hall–Kier alpha value is -2.18. The van der Waals surface area contributed by atoms with E-state index >= 15 is 0 Å². The predicted molar refractivity (Wildman–Crippen MR) is 84.7 cm³/mol. The van der Waals surface area contributed by atoms with Crippen LogP contribution in [0.1, 0.15) is 15.9 Å². The number of ether oxygens (including phenoxy) is 1. The number of nitrogens with one attached hydrogen (secondary N) is 1. The molecule has 0 radical (unpaired) electrons. The van der Waals surface area contributed by atoms with Gasteiger partial charge in [0.1, 0.15) is 0 Å². The molecule has 2 rings (SSSR count).